The third kappa shape index (κ3) is 6.41. The summed E-state index contributed by atoms with van der Waals surface area (Å²) in [4.78, 5) is 12.6. The van der Waals surface area contributed by atoms with Crippen molar-refractivity contribution in [2.24, 2.45) is 5.73 Å². The summed E-state index contributed by atoms with van der Waals surface area (Å²) in [5.74, 6) is 0.114. The summed E-state index contributed by atoms with van der Waals surface area (Å²) in [7, 11) is 0. The lowest BCUT2D eigenvalue weighted by Crippen LogP contribution is -2.33. The maximum atomic E-state index is 12.6. The van der Waals surface area contributed by atoms with Crippen LogP contribution in [0.3, 0.4) is 0 Å². The van der Waals surface area contributed by atoms with Crippen molar-refractivity contribution in [1.29, 1.82) is 0 Å². The number of para-hydroxylation sites is 1. The lowest BCUT2D eigenvalue weighted by atomic mass is 10.1. The van der Waals surface area contributed by atoms with E-state index in [-0.39, 0.29) is 28.8 Å². The second-order valence-electron chi connectivity index (χ2n) is 7.51. The lowest BCUT2D eigenvalue weighted by molar-refractivity contribution is 0.106. The monoisotopic (exact) mass is 429 g/mol. The van der Waals surface area contributed by atoms with Gasteiger partial charge < -0.3 is 35.7 Å². The number of nitrogens with one attached hydrogen (secondary N) is 2. The molecule has 0 radical (unpaired) electrons. The van der Waals surface area contributed by atoms with Crippen LogP contribution in [0.15, 0.2) is 45.6 Å². The molecule has 0 saturated heterocycles. The SMILES string of the molecule is NCCCCNCCCNCC(O)COc1cc(O)c2c(=O)c3ccccc3oc2c1. The first-order valence-corrected chi connectivity index (χ1v) is 10.7. The minimum Gasteiger partial charge on any atom is -0.507 e. The van der Waals surface area contributed by atoms with Gasteiger partial charge in [-0.25, -0.2) is 0 Å². The number of aliphatic hydroxyl groups excluding tert-OH is 1. The number of rotatable bonds is 13. The number of aliphatic hydroxyl groups is 1. The molecule has 8 heteroatoms. The number of hydrogen-bond donors (Lipinski definition) is 5. The molecule has 0 bridgehead atoms. The summed E-state index contributed by atoms with van der Waals surface area (Å²) in [5, 5.41) is 27.5. The van der Waals surface area contributed by atoms with E-state index in [1.165, 1.54) is 6.07 Å². The third-order valence-corrected chi connectivity index (χ3v) is 4.97. The molecule has 0 amide bonds. The Kier molecular flexibility index (Phi) is 8.66. The summed E-state index contributed by atoms with van der Waals surface area (Å²) < 4.78 is 11.4. The molecule has 3 aromatic rings. The van der Waals surface area contributed by atoms with Crippen molar-refractivity contribution < 1.29 is 19.4 Å². The first kappa shape index (κ1) is 23.0. The minimum atomic E-state index is -0.709. The predicted octanol–water partition coefficient (Wildman–Crippen LogP) is 1.70. The molecule has 0 saturated carbocycles. The zero-order valence-electron chi connectivity index (χ0n) is 17.6. The minimum absolute atomic E-state index is 0.0487. The third-order valence-electron chi connectivity index (χ3n) is 4.97. The number of unbranched alkanes of at least 4 members (excludes halogenated alkanes) is 1. The van der Waals surface area contributed by atoms with Crippen molar-refractivity contribution in [2.75, 3.05) is 39.3 Å². The summed E-state index contributed by atoms with van der Waals surface area (Å²) in [5.41, 5.74) is 5.84. The second-order valence-corrected chi connectivity index (χ2v) is 7.51. The summed E-state index contributed by atoms with van der Waals surface area (Å²) in [6.45, 7) is 3.85. The van der Waals surface area contributed by atoms with E-state index in [1.54, 1.807) is 30.3 Å². The molecule has 3 rings (SSSR count). The van der Waals surface area contributed by atoms with Crippen molar-refractivity contribution >= 4 is 21.9 Å². The number of fused-ring (bicyclic) bond motifs is 2. The van der Waals surface area contributed by atoms with E-state index < -0.39 is 6.10 Å². The van der Waals surface area contributed by atoms with Gasteiger partial charge in [0.2, 0.25) is 5.43 Å². The molecule has 1 aromatic heterocycles. The number of benzene rings is 2. The molecule has 0 spiro atoms. The molecule has 1 unspecified atom stereocenters. The van der Waals surface area contributed by atoms with Crippen molar-refractivity contribution in [2.45, 2.75) is 25.4 Å². The number of nitrogens with two attached hydrogens (primary N) is 1. The Bertz CT molecular complexity index is 1040. The Morgan fingerprint density at radius 3 is 2.65 bits per heavy atom. The zero-order chi connectivity index (χ0) is 22.1. The summed E-state index contributed by atoms with van der Waals surface area (Å²) >= 11 is 0. The van der Waals surface area contributed by atoms with Gasteiger partial charge in [-0.1, -0.05) is 12.1 Å². The number of phenols is 1. The van der Waals surface area contributed by atoms with E-state index >= 15 is 0 Å². The van der Waals surface area contributed by atoms with Gasteiger partial charge in [-0.05, 0) is 57.6 Å². The van der Waals surface area contributed by atoms with Gasteiger partial charge in [0.25, 0.3) is 0 Å². The van der Waals surface area contributed by atoms with Gasteiger partial charge in [-0.2, -0.15) is 0 Å². The van der Waals surface area contributed by atoms with Crippen molar-refractivity contribution in [3.05, 3.63) is 46.6 Å². The van der Waals surface area contributed by atoms with Gasteiger partial charge in [0.05, 0.1) is 5.39 Å². The number of aromatic hydroxyl groups is 1. The lowest BCUT2D eigenvalue weighted by Gasteiger charge is -2.14. The highest BCUT2D eigenvalue weighted by atomic mass is 16.5. The zero-order valence-corrected chi connectivity index (χ0v) is 17.6. The molecule has 0 aliphatic carbocycles. The highest BCUT2D eigenvalue weighted by Crippen LogP contribution is 2.30. The first-order valence-electron chi connectivity index (χ1n) is 10.7. The molecule has 2 aromatic carbocycles. The largest absolute Gasteiger partial charge is 0.507 e. The first-order chi connectivity index (χ1) is 15.1. The van der Waals surface area contributed by atoms with Crippen LogP contribution < -0.4 is 26.5 Å². The van der Waals surface area contributed by atoms with Crippen LogP contribution in [-0.4, -0.2) is 55.6 Å². The van der Waals surface area contributed by atoms with E-state index in [4.69, 9.17) is 14.9 Å². The molecule has 0 aliphatic heterocycles. The van der Waals surface area contributed by atoms with E-state index in [2.05, 4.69) is 10.6 Å². The van der Waals surface area contributed by atoms with Gasteiger partial charge in [0.15, 0.2) is 0 Å². The molecule has 0 aliphatic rings. The van der Waals surface area contributed by atoms with E-state index in [0.717, 1.165) is 45.4 Å². The Hall–Kier alpha value is -2.65. The average Bonchev–Trinajstić information content (AvgIpc) is 2.76. The average molecular weight is 430 g/mol. The van der Waals surface area contributed by atoms with E-state index in [0.29, 0.717) is 23.3 Å². The molecular formula is C23H31N3O5. The van der Waals surface area contributed by atoms with Crippen molar-refractivity contribution in [1.82, 2.24) is 10.6 Å². The number of hydrogen-bond acceptors (Lipinski definition) is 8. The van der Waals surface area contributed by atoms with Crippen LogP contribution in [-0.2, 0) is 0 Å². The fraction of sp³-hybridized carbons (Fsp3) is 0.435. The van der Waals surface area contributed by atoms with Crippen LogP contribution >= 0.6 is 0 Å². The Morgan fingerprint density at radius 2 is 1.81 bits per heavy atom. The molecular weight excluding hydrogens is 398 g/mol. The summed E-state index contributed by atoms with van der Waals surface area (Å²) in [6.07, 6.45) is 2.37. The standard InChI is InChI=1S/C23H31N3O5/c24-8-3-4-9-25-10-5-11-26-14-16(27)15-30-17-12-19(28)22-21(13-17)31-20-7-2-1-6-18(20)23(22)29/h1-2,6-7,12-13,16,25-28H,3-5,8-11,14-15,24H2. The molecule has 168 valence electrons. The highest BCUT2D eigenvalue weighted by molar-refractivity contribution is 5.93. The van der Waals surface area contributed by atoms with Gasteiger partial charge in [-0.15, -0.1) is 0 Å². The van der Waals surface area contributed by atoms with E-state index in [9.17, 15) is 15.0 Å². The fourth-order valence-electron chi connectivity index (χ4n) is 3.34. The van der Waals surface area contributed by atoms with Crippen LogP contribution in [0.25, 0.3) is 21.9 Å². The highest BCUT2D eigenvalue weighted by Gasteiger charge is 2.14. The molecule has 8 nitrogen and oxygen atoms in total. The van der Waals surface area contributed by atoms with Crippen molar-refractivity contribution in [3.8, 4) is 11.5 Å². The topological polar surface area (TPSA) is 130 Å². The van der Waals surface area contributed by atoms with Gasteiger partial charge >= 0.3 is 0 Å². The fourth-order valence-corrected chi connectivity index (χ4v) is 3.34. The van der Waals surface area contributed by atoms with Crippen LogP contribution in [0.1, 0.15) is 19.3 Å². The van der Waals surface area contributed by atoms with Crippen LogP contribution in [0.5, 0.6) is 11.5 Å². The smallest absolute Gasteiger partial charge is 0.204 e. The van der Waals surface area contributed by atoms with Gasteiger partial charge in [0.1, 0.15) is 40.8 Å². The number of ether oxygens (including phenoxy) is 1. The van der Waals surface area contributed by atoms with Crippen LogP contribution in [0.4, 0.5) is 0 Å². The molecule has 1 heterocycles. The Balaban J connectivity index is 1.47. The Morgan fingerprint density at radius 1 is 1.03 bits per heavy atom. The second kappa shape index (κ2) is 11.7. The van der Waals surface area contributed by atoms with Crippen LogP contribution in [0, 0.1) is 0 Å². The normalized spacial score (nSPS) is 12.5. The van der Waals surface area contributed by atoms with E-state index in [1.807, 2.05) is 0 Å². The maximum Gasteiger partial charge on any atom is 0.204 e. The molecule has 1 atom stereocenters. The van der Waals surface area contributed by atoms with Gasteiger partial charge in [-0.3, -0.25) is 4.79 Å². The Labute approximate surface area is 181 Å². The van der Waals surface area contributed by atoms with Crippen molar-refractivity contribution in [3.63, 3.8) is 0 Å². The predicted molar refractivity (Wildman–Crippen MR) is 122 cm³/mol. The molecule has 6 N–H and O–H groups in total. The quantitative estimate of drug-likeness (QED) is 0.205. The summed E-state index contributed by atoms with van der Waals surface area (Å²) in [6, 6.07) is 9.80. The molecule has 0 fully saturated rings. The van der Waals surface area contributed by atoms with Gasteiger partial charge in [0, 0.05) is 18.7 Å². The maximum absolute atomic E-state index is 12.6. The van der Waals surface area contributed by atoms with Crippen LogP contribution in [0.2, 0.25) is 0 Å². The molecule has 31 heavy (non-hydrogen) atoms. The number of phenolic OH excluding ortho intramolecular Hbond substituents is 1.